The van der Waals surface area contributed by atoms with Crippen molar-refractivity contribution in [1.29, 1.82) is 0 Å². The largest absolute Gasteiger partial charge is 0.495 e. The second-order valence-corrected chi connectivity index (χ2v) is 6.49. The predicted octanol–water partition coefficient (Wildman–Crippen LogP) is 2.17. The summed E-state index contributed by atoms with van der Waals surface area (Å²) in [6, 6.07) is 8.88. The van der Waals surface area contributed by atoms with E-state index in [-0.39, 0.29) is 29.8 Å². The molecule has 0 unspecified atom stereocenters. The van der Waals surface area contributed by atoms with E-state index < -0.39 is 5.91 Å². The number of hydrogen-bond donors (Lipinski definition) is 1. The number of amides is 2. The number of hydrogen-bond acceptors (Lipinski definition) is 6. The minimum atomic E-state index is -0.633. The third kappa shape index (κ3) is 4.06. The van der Waals surface area contributed by atoms with Crippen LogP contribution in [0.25, 0.3) is 0 Å². The molecule has 2 aromatic rings. The first-order valence-electron chi connectivity index (χ1n) is 9.15. The van der Waals surface area contributed by atoms with Crippen molar-refractivity contribution in [1.82, 2.24) is 0 Å². The summed E-state index contributed by atoms with van der Waals surface area (Å²) >= 11 is 0. The number of fused-ring (bicyclic) bond motifs is 1. The molecule has 8 heteroatoms. The Bertz CT molecular complexity index is 888. The van der Waals surface area contributed by atoms with Gasteiger partial charge in [-0.1, -0.05) is 12.1 Å². The fourth-order valence-electron chi connectivity index (χ4n) is 3.43. The zero-order valence-corrected chi connectivity index (χ0v) is 16.7. The van der Waals surface area contributed by atoms with Crippen molar-refractivity contribution < 1.29 is 28.5 Å². The highest BCUT2D eigenvalue weighted by atomic mass is 16.5. The average molecular weight is 400 g/mol. The van der Waals surface area contributed by atoms with Gasteiger partial charge in [-0.25, -0.2) is 0 Å². The fraction of sp³-hybridized carbons (Fsp3) is 0.333. The Balaban J connectivity index is 2.02. The molecule has 0 saturated carbocycles. The number of aryl methyl sites for hydroxylation is 1. The Morgan fingerprint density at radius 2 is 1.69 bits per heavy atom. The van der Waals surface area contributed by atoms with Crippen molar-refractivity contribution in [2.24, 2.45) is 5.73 Å². The van der Waals surface area contributed by atoms with Crippen molar-refractivity contribution in [3.8, 4) is 23.0 Å². The molecule has 2 aromatic carbocycles. The quantitative estimate of drug-likeness (QED) is 0.765. The van der Waals surface area contributed by atoms with Gasteiger partial charge in [-0.2, -0.15) is 0 Å². The lowest BCUT2D eigenvalue weighted by atomic mass is 9.99. The molecule has 1 aliphatic heterocycles. The number of carbonyl (C=O) groups is 2. The van der Waals surface area contributed by atoms with E-state index in [1.54, 1.807) is 24.1 Å². The Labute approximate surface area is 169 Å². The zero-order valence-electron chi connectivity index (χ0n) is 16.7. The minimum Gasteiger partial charge on any atom is -0.495 e. The normalized spacial score (nSPS) is 12.7. The Hall–Kier alpha value is -3.42. The van der Waals surface area contributed by atoms with Crippen LogP contribution in [-0.4, -0.2) is 46.3 Å². The highest BCUT2D eigenvalue weighted by molar-refractivity contribution is 6.08. The molecule has 2 N–H and O–H groups in total. The van der Waals surface area contributed by atoms with Gasteiger partial charge in [0.25, 0.3) is 11.8 Å². The maximum absolute atomic E-state index is 13.4. The van der Waals surface area contributed by atoms with E-state index in [9.17, 15) is 9.59 Å². The third-order valence-electron chi connectivity index (χ3n) is 4.71. The van der Waals surface area contributed by atoms with Gasteiger partial charge in [-0.15, -0.1) is 0 Å². The van der Waals surface area contributed by atoms with Crippen LogP contribution in [0.4, 0.5) is 5.69 Å². The van der Waals surface area contributed by atoms with Crippen LogP contribution in [0, 0.1) is 0 Å². The number of para-hydroxylation sites is 1. The van der Waals surface area contributed by atoms with Crippen LogP contribution in [-0.2, 0) is 11.2 Å². The molecule has 2 amide bonds. The van der Waals surface area contributed by atoms with E-state index in [0.29, 0.717) is 17.9 Å². The maximum Gasteiger partial charge on any atom is 0.258 e. The first-order chi connectivity index (χ1) is 14.0. The van der Waals surface area contributed by atoms with E-state index >= 15 is 0 Å². The molecule has 0 bridgehead atoms. The number of methoxy groups -OCH3 is 3. The summed E-state index contributed by atoms with van der Waals surface area (Å²) < 4.78 is 21.6. The molecular weight excluding hydrogens is 376 g/mol. The van der Waals surface area contributed by atoms with Crippen LogP contribution in [0.15, 0.2) is 30.3 Å². The molecule has 0 fully saturated rings. The zero-order chi connectivity index (χ0) is 21.0. The molecule has 8 nitrogen and oxygen atoms in total. The first-order valence-corrected chi connectivity index (χ1v) is 9.15. The van der Waals surface area contributed by atoms with Crippen molar-refractivity contribution in [2.45, 2.75) is 12.8 Å². The molecule has 0 aliphatic carbocycles. The van der Waals surface area contributed by atoms with E-state index in [1.807, 2.05) is 18.2 Å². The molecule has 154 valence electrons. The summed E-state index contributed by atoms with van der Waals surface area (Å²) in [5, 5.41) is 0. The SMILES string of the molecule is COc1cc(C(=O)N2CCCc3cccc(OC)c32)cc(OC)c1OCC(N)=O. The molecule has 1 heterocycles. The van der Waals surface area contributed by atoms with Crippen LogP contribution in [0.1, 0.15) is 22.3 Å². The van der Waals surface area contributed by atoms with E-state index in [0.717, 1.165) is 24.1 Å². The molecule has 0 radical (unpaired) electrons. The van der Waals surface area contributed by atoms with Crippen molar-refractivity contribution in [3.63, 3.8) is 0 Å². The Kier molecular flexibility index (Phi) is 6.11. The number of nitrogens with two attached hydrogens (primary N) is 1. The lowest BCUT2D eigenvalue weighted by Gasteiger charge is -2.31. The van der Waals surface area contributed by atoms with Gasteiger partial charge < -0.3 is 29.6 Å². The lowest BCUT2D eigenvalue weighted by molar-refractivity contribution is -0.120. The molecule has 0 aromatic heterocycles. The lowest BCUT2D eigenvalue weighted by Crippen LogP contribution is -2.35. The number of ether oxygens (including phenoxy) is 4. The average Bonchev–Trinajstić information content (AvgIpc) is 2.75. The van der Waals surface area contributed by atoms with Gasteiger partial charge >= 0.3 is 0 Å². The van der Waals surface area contributed by atoms with E-state index in [4.69, 9.17) is 24.7 Å². The highest BCUT2D eigenvalue weighted by Crippen LogP contribution is 2.41. The number of anilines is 1. The van der Waals surface area contributed by atoms with Crippen LogP contribution in [0.3, 0.4) is 0 Å². The molecule has 3 rings (SSSR count). The fourth-order valence-corrected chi connectivity index (χ4v) is 3.43. The van der Waals surface area contributed by atoms with Gasteiger partial charge in [0.2, 0.25) is 5.75 Å². The first kappa shape index (κ1) is 20.3. The monoisotopic (exact) mass is 400 g/mol. The van der Waals surface area contributed by atoms with Gasteiger partial charge in [0, 0.05) is 12.1 Å². The molecule has 0 saturated heterocycles. The van der Waals surface area contributed by atoms with Crippen molar-refractivity contribution in [3.05, 3.63) is 41.5 Å². The van der Waals surface area contributed by atoms with E-state index in [1.165, 1.54) is 14.2 Å². The molecular formula is C21H24N2O6. The van der Waals surface area contributed by atoms with Crippen molar-refractivity contribution in [2.75, 3.05) is 39.4 Å². The van der Waals surface area contributed by atoms with Crippen LogP contribution < -0.4 is 29.6 Å². The summed E-state index contributed by atoms with van der Waals surface area (Å²) in [6.45, 7) is 0.230. The van der Waals surface area contributed by atoms with Crippen LogP contribution in [0.5, 0.6) is 23.0 Å². The van der Waals surface area contributed by atoms with E-state index in [2.05, 4.69) is 0 Å². The van der Waals surface area contributed by atoms with Gasteiger partial charge in [-0.05, 0) is 36.6 Å². The second-order valence-electron chi connectivity index (χ2n) is 6.49. The van der Waals surface area contributed by atoms with Gasteiger partial charge in [0.15, 0.2) is 18.1 Å². The summed E-state index contributed by atoms with van der Waals surface area (Å²) in [5.41, 5.74) is 7.35. The van der Waals surface area contributed by atoms with Gasteiger partial charge in [0.1, 0.15) is 5.75 Å². The Morgan fingerprint density at radius 1 is 1.03 bits per heavy atom. The molecule has 0 spiro atoms. The summed E-state index contributed by atoms with van der Waals surface area (Å²) in [4.78, 5) is 26.2. The number of carbonyl (C=O) groups excluding carboxylic acids is 2. The number of rotatable bonds is 7. The van der Waals surface area contributed by atoms with Gasteiger partial charge in [0.05, 0.1) is 27.0 Å². The summed E-state index contributed by atoms with van der Waals surface area (Å²) in [6.07, 6.45) is 1.73. The highest BCUT2D eigenvalue weighted by Gasteiger charge is 2.28. The second kappa shape index (κ2) is 8.72. The summed E-state index contributed by atoms with van der Waals surface area (Å²) in [5.74, 6) is 0.551. The van der Waals surface area contributed by atoms with Crippen LogP contribution >= 0.6 is 0 Å². The number of benzene rings is 2. The third-order valence-corrected chi connectivity index (χ3v) is 4.71. The smallest absolute Gasteiger partial charge is 0.258 e. The Morgan fingerprint density at radius 3 is 2.28 bits per heavy atom. The number of primary amides is 1. The summed E-state index contributed by atoms with van der Waals surface area (Å²) in [7, 11) is 4.47. The van der Waals surface area contributed by atoms with Crippen LogP contribution in [0.2, 0.25) is 0 Å². The molecule has 0 atom stereocenters. The van der Waals surface area contributed by atoms with Crippen molar-refractivity contribution >= 4 is 17.5 Å². The molecule has 29 heavy (non-hydrogen) atoms. The van der Waals surface area contributed by atoms with Gasteiger partial charge in [-0.3, -0.25) is 9.59 Å². The maximum atomic E-state index is 13.4. The molecule has 1 aliphatic rings. The topological polar surface area (TPSA) is 100 Å². The standard InChI is InChI=1S/C21H24N2O6/c1-26-15-8-4-6-13-7-5-9-23(19(13)15)21(25)14-10-16(27-2)20(17(11-14)28-3)29-12-18(22)24/h4,6,8,10-11H,5,7,9,12H2,1-3H3,(H2,22,24). The minimum absolute atomic E-state index is 0.210. The predicted molar refractivity (Wildman–Crippen MR) is 107 cm³/mol. The number of nitrogens with zero attached hydrogens (tertiary/aromatic N) is 1.